The van der Waals surface area contributed by atoms with E-state index < -0.39 is 12.1 Å². The number of amides is 2. The molecule has 0 aliphatic carbocycles. The molecule has 0 spiro atoms. The molecule has 0 unspecified atom stereocenters. The molecule has 0 fully saturated rings. The molecule has 0 radical (unpaired) electrons. The van der Waals surface area contributed by atoms with Crippen LogP contribution in [0.25, 0.3) is 0 Å². The van der Waals surface area contributed by atoms with Crippen molar-refractivity contribution in [1.29, 1.82) is 0 Å². The third-order valence-electron chi connectivity index (χ3n) is 3.13. The van der Waals surface area contributed by atoms with E-state index in [0.29, 0.717) is 12.2 Å². The molecule has 126 valence electrons. The summed E-state index contributed by atoms with van der Waals surface area (Å²) in [7, 11) is 0. The predicted molar refractivity (Wildman–Crippen MR) is 86.7 cm³/mol. The molecule has 7 heteroatoms. The Kier molecular flexibility index (Phi) is 5.73. The average molecular weight is 330 g/mol. The third-order valence-corrected chi connectivity index (χ3v) is 3.13. The third kappa shape index (κ3) is 4.45. The number of carbonyl (C=O) groups excluding carboxylic acids is 3. The zero-order valence-electron chi connectivity index (χ0n) is 13.4. The van der Waals surface area contributed by atoms with E-state index in [9.17, 15) is 14.4 Å². The second-order valence-electron chi connectivity index (χ2n) is 4.95. The molecular weight excluding hydrogens is 312 g/mol. The number of benzene rings is 1. The minimum absolute atomic E-state index is 0.189. The largest absolute Gasteiger partial charge is 0.459 e. The van der Waals surface area contributed by atoms with Crippen LogP contribution in [0.3, 0.4) is 0 Å². The summed E-state index contributed by atoms with van der Waals surface area (Å²) in [4.78, 5) is 35.4. The standard InChI is InChI=1S/C17H18N2O5/c1-3-18-15(20)11(2)24-17(22)12-6-8-13(9-7-12)19-16(21)14-5-4-10-23-14/h4-11H,3H2,1-2H3,(H,18,20)(H,19,21)/t11-/m0/s1. The van der Waals surface area contributed by atoms with Crippen molar-refractivity contribution >= 4 is 23.5 Å². The lowest BCUT2D eigenvalue weighted by Gasteiger charge is -2.12. The number of nitrogens with one attached hydrogen (secondary N) is 2. The van der Waals surface area contributed by atoms with E-state index in [0.717, 1.165) is 0 Å². The number of rotatable bonds is 6. The summed E-state index contributed by atoms with van der Waals surface area (Å²) in [5.41, 5.74) is 0.784. The summed E-state index contributed by atoms with van der Waals surface area (Å²) >= 11 is 0. The van der Waals surface area contributed by atoms with Gasteiger partial charge in [0, 0.05) is 12.2 Å². The van der Waals surface area contributed by atoms with Crippen molar-refractivity contribution in [2.45, 2.75) is 20.0 Å². The van der Waals surface area contributed by atoms with E-state index in [1.54, 1.807) is 31.2 Å². The molecule has 0 saturated heterocycles. The number of ether oxygens (including phenoxy) is 1. The molecule has 2 amide bonds. The molecule has 7 nitrogen and oxygen atoms in total. The fourth-order valence-corrected chi connectivity index (χ4v) is 1.89. The molecule has 1 aromatic carbocycles. The molecule has 2 rings (SSSR count). The van der Waals surface area contributed by atoms with Crippen molar-refractivity contribution in [3.05, 3.63) is 54.0 Å². The van der Waals surface area contributed by atoms with Gasteiger partial charge < -0.3 is 19.8 Å². The molecule has 0 aliphatic heterocycles. The first kappa shape index (κ1) is 17.3. The Labute approximate surface area is 139 Å². The van der Waals surface area contributed by atoms with Crippen LogP contribution < -0.4 is 10.6 Å². The zero-order valence-corrected chi connectivity index (χ0v) is 13.4. The zero-order chi connectivity index (χ0) is 17.5. The molecule has 0 bridgehead atoms. The molecule has 24 heavy (non-hydrogen) atoms. The molecule has 1 atom stereocenters. The van der Waals surface area contributed by atoms with E-state index in [4.69, 9.17) is 9.15 Å². The smallest absolute Gasteiger partial charge is 0.338 e. The number of anilines is 1. The Hall–Kier alpha value is -3.09. The summed E-state index contributed by atoms with van der Waals surface area (Å²) < 4.78 is 10.1. The van der Waals surface area contributed by atoms with Gasteiger partial charge in [-0.2, -0.15) is 0 Å². The van der Waals surface area contributed by atoms with Crippen molar-refractivity contribution in [1.82, 2.24) is 5.32 Å². The van der Waals surface area contributed by atoms with Gasteiger partial charge in [0.05, 0.1) is 11.8 Å². The number of furan rings is 1. The molecular formula is C17H18N2O5. The van der Waals surface area contributed by atoms with Crippen LogP contribution in [0.15, 0.2) is 47.1 Å². The fraction of sp³-hybridized carbons (Fsp3) is 0.235. The quantitative estimate of drug-likeness (QED) is 0.791. The molecule has 1 aromatic heterocycles. The molecule has 2 aromatic rings. The van der Waals surface area contributed by atoms with Crippen LogP contribution in [0.4, 0.5) is 5.69 Å². The van der Waals surface area contributed by atoms with Gasteiger partial charge in [-0.15, -0.1) is 0 Å². The highest BCUT2D eigenvalue weighted by Crippen LogP contribution is 2.13. The van der Waals surface area contributed by atoms with Crippen molar-refractivity contribution in [2.24, 2.45) is 0 Å². The molecule has 1 heterocycles. The Morgan fingerprint density at radius 1 is 1.17 bits per heavy atom. The maximum absolute atomic E-state index is 12.0. The first-order valence-electron chi connectivity index (χ1n) is 7.45. The summed E-state index contributed by atoms with van der Waals surface area (Å²) in [5, 5.41) is 5.21. The van der Waals surface area contributed by atoms with Crippen LogP contribution in [-0.4, -0.2) is 30.4 Å². The van der Waals surface area contributed by atoms with Gasteiger partial charge in [0.2, 0.25) is 0 Å². The van der Waals surface area contributed by atoms with Crippen LogP contribution >= 0.6 is 0 Å². The van der Waals surface area contributed by atoms with Crippen molar-refractivity contribution in [3.63, 3.8) is 0 Å². The normalized spacial score (nSPS) is 11.4. The Morgan fingerprint density at radius 2 is 1.88 bits per heavy atom. The number of carbonyl (C=O) groups is 3. The first-order valence-corrected chi connectivity index (χ1v) is 7.45. The van der Waals surface area contributed by atoms with Crippen LogP contribution in [-0.2, 0) is 9.53 Å². The van der Waals surface area contributed by atoms with Crippen molar-refractivity contribution < 1.29 is 23.5 Å². The van der Waals surface area contributed by atoms with Gasteiger partial charge in [0.15, 0.2) is 11.9 Å². The summed E-state index contributed by atoms with van der Waals surface area (Å²) in [6.45, 7) is 3.74. The van der Waals surface area contributed by atoms with Crippen LogP contribution in [0.1, 0.15) is 34.8 Å². The monoisotopic (exact) mass is 330 g/mol. The summed E-state index contributed by atoms with van der Waals surface area (Å²) in [6.07, 6.45) is 0.528. The predicted octanol–water partition coefficient (Wildman–Crippen LogP) is 2.21. The Bertz CT molecular complexity index is 707. The van der Waals surface area contributed by atoms with E-state index in [2.05, 4.69) is 10.6 Å². The minimum Gasteiger partial charge on any atom is -0.459 e. The average Bonchev–Trinajstić information content (AvgIpc) is 3.10. The van der Waals surface area contributed by atoms with Crippen LogP contribution in [0.5, 0.6) is 0 Å². The topological polar surface area (TPSA) is 97.6 Å². The van der Waals surface area contributed by atoms with Gasteiger partial charge in [0.1, 0.15) is 0 Å². The molecule has 0 saturated carbocycles. The lowest BCUT2D eigenvalue weighted by atomic mass is 10.2. The van der Waals surface area contributed by atoms with Gasteiger partial charge in [-0.05, 0) is 50.2 Å². The molecule has 0 aliphatic rings. The van der Waals surface area contributed by atoms with Gasteiger partial charge in [-0.3, -0.25) is 9.59 Å². The summed E-state index contributed by atoms with van der Waals surface area (Å²) in [6, 6.07) is 9.30. The number of esters is 1. The Morgan fingerprint density at radius 3 is 2.46 bits per heavy atom. The van der Waals surface area contributed by atoms with Crippen molar-refractivity contribution in [3.8, 4) is 0 Å². The number of hydrogen-bond acceptors (Lipinski definition) is 5. The highest BCUT2D eigenvalue weighted by molar-refractivity contribution is 6.02. The van der Waals surface area contributed by atoms with E-state index in [-0.39, 0.29) is 23.1 Å². The van der Waals surface area contributed by atoms with Crippen molar-refractivity contribution in [2.75, 3.05) is 11.9 Å². The van der Waals surface area contributed by atoms with Gasteiger partial charge in [-0.25, -0.2) is 4.79 Å². The van der Waals surface area contributed by atoms with Gasteiger partial charge in [-0.1, -0.05) is 0 Å². The van der Waals surface area contributed by atoms with Crippen LogP contribution in [0.2, 0.25) is 0 Å². The lowest BCUT2D eigenvalue weighted by molar-refractivity contribution is -0.128. The Balaban J connectivity index is 1.95. The van der Waals surface area contributed by atoms with E-state index in [1.165, 1.54) is 25.3 Å². The fourth-order valence-electron chi connectivity index (χ4n) is 1.89. The molecule has 2 N–H and O–H groups in total. The lowest BCUT2D eigenvalue weighted by Crippen LogP contribution is -2.35. The minimum atomic E-state index is -0.879. The number of hydrogen-bond donors (Lipinski definition) is 2. The van der Waals surface area contributed by atoms with Crippen LogP contribution in [0, 0.1) is 0 Å². The van der Waals surface area contributed by atoms with E-state index in [1.807, 2.05) is 0 Å². The first-order chi connectivity index (χ1) is 11.5. The SMILES string of the molecule is CCNC(=O)[C@H](C)OC(=O)c1ccc(NC(=O)c2ccco2)cc1. The second kappa shape index (κ2) is 7.96. The second-order valence-corrected chi connectivity index (χ2v) is 4.95. The highest BCUT2D eigenvalue weighted by Gasteiger charge is 2.18. The maximum atomic E-state index is 12.0. The van der Waals surface area contributed by atoms with E-state index >= 15 is 0 Å². The number of likely N-dealkylation sites (N-methyl/N-ethyl adjacent to an activating group) is 1. The summed E-state index contributed by atoms with van der Waals surface area (Å²) in [5.74, 6) is -1.17. The van der Waals surface area contributed by atoms with Gasteiger partial charge in [0.25, 0.3) is 11.8 Å². The van der Waals surface area contributed by atoms with Gasteiger partial charge >= 0.3 is 5.97 Å². The maximum Gasteiger partial charge on any atom is 0.338 e. The highest BCUT2D eigenvalue weighted by atomic mass is 16.5.